The summed E-state index contributed by atoms with van der Waals surface area (Å²) >= 11 is 0. The van der Waals surface area contributed by atoms with Crippen LogP contribution in [0.15, 0.2) is 62.7 Å². The minimum atomic E-state index is -3.54. The number of hydrogen-bond donors (Lipinski definition) is 1. The molecule has 0 aliphatic rings. The molecule has 2 aromatic carbocycles. The number of ether oxygens (including phenoxy) is 1. The molecule has 0 unspecified atom stereocenters. The fourth-order valence-corrected chi connectivity index (χ4v) is 5.39. The maximum Gasteiger partial charge on any atom is 0.322 e. The summed E-state index contributed by atoms with van der Waals surface area (Å²) in [6, 6.07) is 11.9. The number of methoxy groups -OCH3 is 1. The van der Waals surface area contributed by atoms with Crippen LogP contribution in [0.1, 0.15) is 26.7 Å². The molecule has 0 bridgehead atoms. The van der Waals surface area contributed by atoms with E-state index in [9.17, 15) is 21.6 Å². The van der Waals surface area contributed by atoms with Gasteiger partial charge >= 0.3 is 6.01 Å². The Morgan fingerprint density at radius 3 is 2.38 bits per heavy atom. The first-order valence-corrected chi connectivity index (χ1v) is 13.6. The second-order valence-electron chi connectivity index (χ2n) is 7.68. The van der Waals surface area contributed by atoms with Crippen molar-refractivity contribution in [3.63, 3.8) is 0 Å². The number of carbonyl (C=O) groups is 1. The molecule has 0 aliphatic heterocycles. The molecule has 0 aliphatic carbocycles. The lowest BCUT2D eigenvalue weighted by molar-refractivity contribution is -0.116. The van der Waals surface area contributed by atoms with Gasteiger partial charge in [0.1, 0.15) is 5.75 Å². The first kappa shape index (κ1) is 25.4. The van der Waals surface area contributed by atoms with Crippen LogP contribution >= 0.6 is 0 Å². The molecule has 1 aromatic heterocycles. The fourth-order valence-electron chi connectivity index (χ4n) is 2.97. The average molecular weight is 508 g/mol. The Bertz CT molecular complexity index is 1360. The largest absolute Gasteiger partial charge is 0.497 e. The van der Waals surface area contributed by atoms with Crippen molar-refractivity contribution < 1.29 is 30.8 Å². The Balaban J connectivity index is 1.58. The van der Waals surface area contributed by atoms with Crippen LogP contribution in [0, 0.1) is 0 Å². The van der Waals surface area contributed by atoms with Crippen molar-refractivity contribution in [2.45, 2.75) is 41.7 Å². The second kappa shape index (κ2) is 10.3. The van der Waals surface area contributed by atoms with E-state index in [2.05, 4.69) is 15.5 Å². The zero-order chi connectivity index (χ0) is 24.9. The second-order valence-corrected chi connectivity index (χ2v) is 12.3. The summed E-state index contributed by atoms with van der Waals surface area (Å²) in [6.07, 6.45) is 0.0194. The summed E-state index contributed by atoms with van der Waals surface area (Å²) < 4.78 is 60.0. The van der Waals surface area contributed by atoms with Gasteiger partial charge in [0, 0.05) is 12.0 Å². The van der Waals surface area contributed by atoms with Gasteiger partial charge in [-0.3, -0.25) is 10.1 Å². The van der Waals surface area contributed by atoms with Gasteiger partial charge in [0.2, 0.25) is 11.8 Å². The normalized spacial score (nSPS) is 12.0. The third-order valence-electron chi connectivity index (χ3n) is 4.94. The topological polar surface area (TPSA) is 146 Å². The van der Waals surface area contributed by atoms with Crippen molar-refractivity contribution in [3.05, 3.63) is 48.5 Å². The summed E-state index contributed by atoms with van der Waals surface area (Å²) in [5, 5.41) is 9.44. The van der Waals surface area contributed by atoms with Gasteiger partial charge in [0.15, 0.2) is 19.7 Å². The highest BCUT2D eigenvalue weighted by molar-refractivity contribution is 7.92. The van der Waals surface area contributed by atoms with Gasteiger partial charge in [-0.15, -0.1) is 5.10 Å². The summed E-state index contributed by atoms with van der Waals surface area (Å²) in [6.45, 7) is 3.18. The molecular formula is C22H25N3O7S2. The van der Waals surface area contributed by atoms with Crippen LogP contribution < -0.4 is 10.1 Å². The Hall–Kier alpha value is -3.25. The Labute approximate surface area is 198 Å². The SMILES string of the molecule is COc1ccc(S(=O)(=O)CCCC(=O)Nc2nnc(-c3cccc(S(=O)(=O)C(C)C)c3)o2)cc1. The van der Waals surface area contributed by atoms with Gasteiger partial charge in [-0.1, -0.05) is 11.2 Å². The molecule has 1 amide bonds. The van der Waals surface area contributed by atoms with E-state index in [1.807, 2.05) is 0 Å². The van der Waals surface area contributed by atoms with Gasteiger partial charge < -0.3 is 9.15 Å². The van der Waals surface area contributed by atoms with Crippen LogP contribution in [0.3, 0.4) is 0 Å². The van der Waals surface area contributed by atoms with Crippen molar-refractivity contribution in [2.75, 3.05) is 18.2 Å². The molecule has 0 spiro atoms. The molecule has 182 valence electrons. The number of benzene rings is 2. The maximum absolute atomic E-state index is 12.4. The summed E-state index contributed by atoms with van der Waals surface area (Å²) in [5.74, 6) is -0.112. The number of nitrogens with zero attached hydrogens (tertiary/aromatic N) is 2. The molecule has 1 N–H and O–H groups in total. The summed E-state index contributed by atoms with van der Waals surface area (Å²) in [7, 11) is -5.54. The fraction of sp³-hybridized carbons (Fsp3) is 0.318. The van der Waals surface area contributed by atoms with Crippen molar-refractivity contribution in [2.24, 2.45) is 0 Å². The quantitative estimate of drug-likeness (QED) is 0.437. The van der Waals surface area contributed by atoms with Crippen LogP contribution in [0.25, 0.3) is 11.5 Å². The monoisotopic (exact) mass is 507 g/mol. The highest BCUT2D eigenvalue weighted by atomic mass is 32.2. The van der Waals surface area contributed by atoms with Crippen LogP contribution in [-0.4, -0.2) is 51.1 Å². The van der Waals surface area contributed by atoms with Gasteiger partial charge in [-0.05, 0) is 62.7 Å². The molecule has 0 radical (unpaired) electrons. The third kappa shape index (κ3) is 6.00. The average Bonchev–Trinajstić information content (AvgIpc) is 3.27. The summed E-state index contributed by atoms with van der Waals surface area (Å²) in [5.41, 5.74) is 0.389. The molecule has 10 nitrogen and oxygen atoms in total. The van der Waals surface area contributed by atoms with Gasteiger partial charge in [-0.2, -0.15) is 0 Å². The Morgan fingerprint density at radius 1 is 1.03 bits per heavy atom. The molecule has 12 heteroatoms. The number of anilines is 1. The predicted molar refractivity (Wildman–Crippen MR) is 125 cm³/mol. The molecule has 0 fully saturated rings. The van der Waals surface area contributed by atoms with E-state index in [1.165, 1.54) is 31.4 Å². The minimum Gasteiger partial charge on any atom is -0.497 e. The zero-order valence-corrected chi connectivity index (χ0v) is 20.5. The molecule has 1 heterocycles. The number of hydrogen-bond acceptors (Lipinski definition) is 9. The van der Waals surface area contributed by atoms with Crippen molar-refractivity contribution >= 4 is 31.6 Å². The molecule has 3 rings (SSSR count). The van der Waals surface area contributed by atoms with E-state index in [-0.39, 0.29) is 40.3 Å². The molecular weight excluding hydrogens is 482 g/mol. The van der Waals surface area contributed by atoms with Gasteiger partial charge in [0.25, 0.3) is 0 Å². The number of aromatic nitrogens is 2. The van der Waals surface area contributed by atoms with Gasteiger partial charge in [-0.25, -0.2) is 16.8 Å². The molecule has 3 aromatic rings. The maximum atomic E-state index is 12.4. The number of amides is 1. The van der Waals surface area contributed by atoms with E-state index in [0.717, 1.165) is 0 Å². The van der Waals surface area contributed by atoms with E-state index >= 15 is 0 Å². The van der Waals surface area contributed by atoms with Crippen LogP contribution in [0.5, 0.6) is 5.75 Å². The predicted octanol–water partition coefficient (Wildman–Crippen LogP) is 3.12. The molecule has 34 heavy (non-hydrogen) atoms. The zero-order valence-electron chi connectivity index (χ0n) is 18.9. The molecule has 0 saturated heterocycles. The van der Waals surface area contributed by atoms with Crippen LogP contribution in [0.4, 0.5) is 6.01 Å². The van der Waals surface area contributed by atoms with Crippen molar-refractivity contribution in [1.29, 1.82) is 0 Å². The van der Waals surface area contributed by atoms with Crippen LogP contribution in [-0.2, 0) is 24.5 Å². The Morgan fingerprint density at radius 2 is 1.74 bits per heavy atom. The molecule has 0 atom stereocenters. The highest BCUT2D eigenvalue weighted by Gasteiger charge is 2.21. The number of sulfone groups is 2. The van der Waals surface area contributed by atoms with E-state index < -0.39 is 30.8 Å². The lowest BCUT2D eigenvalue weighted by atomic mass is 10.2. The minimum absolute atomic E-state index is 0.0400. The van der Waals surface area contributed by atoms with E-state index in [0.29, 0.717) is 11.3 Å². The summed E-state index contributed by atoms with van der Waals surface area (Å²) in [4.78, 5) is 12.5. The lowest BCUT2D eigenvalue weighted by Crippen LogP contribution is -2.14. The van der Waals surface area contributed by atoms with Gasteiger partial charge in [0.05, 0.1) is 27.9 Å². The Kier molecular flexibility index (Phi) is 7.72. The van der Waals surface area contributed by atoms with E-state index in [4.69, 9.17) is 9.15 Å². The molecule has 0 saturated carbocycles. The lowest BCUT2D eigenvalue weighted by Gasteiger charge is -2.08. The number of rotatable bonds is 10. The standard InChI is InChI=1S/C22H25N3O7S2/c1-15(2)34(29,30)19-7-4-6-16(14-19)21-24-25-22(32-21)23-20(26)8-5-13-33(27,28)18-11-9-17(31-3)10-12-18/h4,6-7,9-12,14-15H,5,8,13H2,1-3H3,(H,23,25,26). The first-order chi connectivity index (χ1) is 16.0. The van der Waals surface area contributed by atoms with E-state index in [1.54, 1.807) is 38.1 Å². The third-order valence-corrected chi connectivity index (χ3v) is 8.91. The number of carbonyl (C=O) groups excluding carboxylic acids is 1. The first-order valence-electron chi connectivity index (χ1n) is 10.4. The smallest absolute Gasteiger partial charge is 0.322 e. The van der Waals surface area contributed by atoms with Crippen LogP contribution in [0.2, 0.25) is 0 Å². The van der Waals surface area contributed by atoms with Crippen molar-refractivity contribution in [3.8, 4) is 17.2 Å². The highest BCUT2D eigenvalue weighted by Crippen LogP contribution is 2.25. The van der Waals surface area contributed by atoms with Crippen molar-refractivity contribution in [1.82, 2.24) is 10.2 Å². The number of nitrogens with one attached hydrogen (secondary N) is 1.